The van der Waals surface area contributed by atoms with Gasteiger partial charge in [0.1, 0.15) is 0 Å². The molecule has 1 heteroatoms. The Kier molecular flexibility index (Phi) is 6.40. The molecule has 80 valence electrons. The third-order valence-electron chi connectivity index (χ3n) is 2.93. The molecule has 0 spiro atoms. The van der Waals surface area contributed by atoms with Gasteiger partial charge >= 0.3 is 0 Å². The van der Waals surface area contributed by atoms with E-state index in [1.807, 2.05) is 0 Å². The van der Waals surface area contributed by atoms with Crippen LogP contribution in [0.3, 0.4) is 0 Å². The van der Waals surface area contributed by atoms with E-state index in [1.54, 1.807) is 0 Å². The van der Waals surface area contributed by atoms with Crippen molar-refractivity contribution in [3.05, 3.63) is 0 Å². The minimum absolute atomic E-state index is 0.539. The molecule has 0 aliphatic carbocycles. The minimum Gasteiger partial charge on any atom is -0.304 e. The molecule has 0 bridgehead atoms. The van der Waals surface area contributed by atoms with Gasteiger partial charge in [-0.2, -0.15) is 0 Å². The standard InChI is InChI=1S/C12H27N/c1-6-9-12(4,5)10-11-13(7-2)8-3/h6-11H2,1-5H3. The molecule has 0 aromatic heterocycles. The van der Waals surface area contributed by atoms with Gasteiger partial charge in [-0.1, -0.05) is 41.0 Å². The number of hydrogen-bond acceptors (Lipinski definition) is 1. The second kappa shape index (κ2) is 6.42. The lowest BCUT2D eigenvalue weighted by atomic mass is 9.84. The molecule has 0 unspecified atom stereocenters. The van der Waals surface area contributed by atoms with Crippen LogP contribution in [0.1, 0.15) is 53.9 Å². The highest BCUT2D eigenvalue weighted by atomic mass is 15.1. The Labute approximate surface area is 84.5 Å². The molecule has 0 fully saturated rings. The summed E-state index contributed by atoms with van der Waals surface area (Å²) in [6, 6.07) is 0. The van der Waals surface area contributed by atoms with Crippen LogP contribution in [-0.2, 0) is 0 Å². The third kappa shape index (κ3) is 6.09. The van der Waals surface area contributed by atoms with E-state index in [2.05, 4.69) is 39.5 Å². The Morgan fingerprint density at radius 1 is 0.923 bits per heavy atom. The average molecular weight is 185 g/mol. The molecule has 13 heavy (non-hydrogen) atoms. The molecule has 0 N–H and O–H groups in total. The van der Waals surface area contributed by atoms with Crippen LogP contribution in [0.15, 0.2) is 0 Å². The number of rotatable bonds is 7. The lowest BCUT2D eigenvalue weighted by molar-refractivity contribution is 0.221. The summed E-state index contributed by atoms with van der Waals surface area (Å²) in [4.78, 5) is 2.51. The molecule has 0 aromatic rings. The van der Waals surface area contributed by atoms with Gasteiger partial charge in [-0.05, 0) is 37.9 Å². The van der Waals surface area contributed by atoms with E-state index in [0.29, 0.717) is 5.41 Å². The monoisotopic (exact) mass is 185 g/mol. The molecule has 0 heterocycles. The Morgan fingerprint density at radius 3 is 1.85 bits per heavy atom. The van der Waals surface area contributed by atoms with Crippen LogP contribution in [-0.4, -0.2) is 24.5 Å². The van der Waals surface area contributed by atoms with Crippen LogP contribution in [0, 0.1) is 5.41 Å². The Bertz CT molecular complexity index is 114. The summed E-state index contributed by atoms with van der Waals surface area (Å²) in [6.07, 6.45) is 4.00. The van der Waals surface area contributed by atoms with Gasteiger partial charge in [-0.3, -0.25) is 0 Å². The lowest BCUT2D eigenvalue weighted by Gasteiger charge is -2.27. The van der Waals surface area contributed by atoms with Gasteiger partial charge in [0.15, 0.2) is 0 Å². The van der Waals surface area contributed by atoms with Crippen molar-refractivity contribution < 1.29 is 0 Å². The molecule has 1 nitrogen and oxygen atoms in total. The predicted octanol–water partition coefficient (Wildman–Crippen LogP) is 3.54. The molecule has 0 aromatic carbocycles. The second-order valence-corrected chi connectivity index (χ2v) is 4.69. The summed E-state index contributed by atoms with van der Waals surface area (Å²) < 4.78 is 0. The molecule has 0 saturated carbocycles. The number of hydrogen-bond donors (Lipinski definition) is 0. The van der Waals surface area contributed by atoms with E-state index in [9.17, 15) is 0 Å². The van der Waals surface area contributed by atoms with Crippen LogP contribution in [0.5, 0.6) is 0 Å². The summed E-state index contributed by atoms with van der Waals surface area (Å²) >= 11 is 0. The maximum atomic E-state index is 2.51. The fourth-order valence-electron chi connectivity index (χ4n) is 1.80. The van der Waals surface area contributed by atoms with Gasteiger partial charge in [0.2, 0.25) is 0 Å². The van der Waals surface area contributed by atoms with Crippen LogP contribution < -0.4 is 0 Å². The zero-order valence-corrected chi connectivity index (χ0v) is 10.2. The predicted molar refractivity (Wildman–Crippen MR) is 61.1 cm³/mol. The summed E-state index contributed by atoms with van der Waals surface area (Å²) in [6.45, 7) is 15.2. The highest BCUT2D eigenvalue weighted by Crippen LogP contribution is 2.26. The first-order valence-electron chi connectivity index (χ1n) is 5.78. The summed E-state index contributed by atoms with van der Waals surface area (Å²) in [5.74, 6) is 0. The fourth-order valence-corrected chi connectivity index (χ4v) is 1.80. The first-order valence-corrected chi connectivity index (χ1v) is 5.78. The van der Waals surface area contributed by atoms with Gasteiger partial charge in [-0.15, -0.1) is 0 Å². The molecular weight excluding hydrogens is 158 g/mol. The molecular formula is C12H27N. The maximum absolute atomic E-state index is 2.51. The zero-order chi connectivity index (χ0) is 10.3. The van der Waals surface area contributed by atoms with Gasteiger partial charge in [0.05, 0.1) is 0 Å². The van der Waals surface area contributed by atoms with Crippen molar-refractivity contribution >= 4 is 0 Å². The highest BCUT2D eigenvalue weighted by Gasteiger charge is 2.16. The van der Waals surface area contributed by atoms with Crippen LogP contribution in [0.2, 0.25) is 0 Å². The van der Waals surface area contributed by atoms with Gasteiger partial charge in [-0.25, -0.2) is 0 Å². The topological polar surface area (TPSA) is 3.24 Å². The second-order valence-electron chi connectivity index (χ2n) is 4.69. The normalized spacial score (nSPS) is 12.5. The molecule has 0 atom stereocenters. The number of nitrogens with zero attached hydrogens (tertiary/aromatic N) is 1. The van der Waals surface area contributed by atoms with E-state index in [-0.39, 0.29) is 0 Å². The Balaban J connectivity index is 3.71. The molecule has 0 aliphatic heterocycles. The largest absolute Gasteiger partial charge is 0.304 e. The first kappa shape index (κ1) is 13.0. The fraction of sp³-hybridized carbons (Fsp3) is 1.00. The smallest absolute Gasteiger partial charge is 0.00139 e. The maximum Gasteiger partial charge on any atom is -0.00139 e. The van der Waals surface area contributed by atoms with E-state index < -0.39 is 0 Å². The van der Waals surface area contributed by atoms with Crippen molar-refractivity contribution in [2.45, 2.75) is 53.9 Å². The van der Waals surface area contributed by atoms with E-state index in [0.717, 1.165) is 0 Å². The van der Waals surface area contributed by atoms with Crippen molar-refractivity contribution in [2.75, 3.05) is 19.6 Å². The lowest BCUT2D eigenvalue weighted by Crippen LogP contribution is -2.28. The zero-order valence-electron chi connectivity index (χ0n) is 10.2. The van der Waals surface area contributed by atoms with Crippen molar-refractivity contribution in [3.8, 4) is 0 Å². The summed E-state index contributed by atoms with van der Waals surface area (Å²) in [5, 5.41) is 0. The quantitative estimate of drug-likeness (QED) is 0.586. The Hall–Kier alpha value is -0.0400. The van der Waals surface area contributed by atoms with E-state index in [1.165, 1.54) is 38.9 Å². The van der Waals surface area contributed by atoms with Crippen molar-refractivity contribution in [2.24, 2.45) is 5.41 Å². The van der Waals surface area contributed by atoms with Crippen molar-refractivity contribution in [1.29, 1.82) is 0 Å². The van der Waals surface area contributed by atoms with E-state index in [4.69, 9.17) is 0 Å². The average Bonchev–Trinajstić information content (AvgIpc) is 2.06. The SMILES string of the molecule is CCCC(C)(C)CCN(CC)CC. The summed E-state index contributed by atoms with van der Waals surface area (Å²) in [5.41, 5.74) is 0.539. The van der Waals surface area contributed by atoms with Crippen LogP contribution >= 0.6 is 0 Å². The van der Waals surface area contributed by atoms with Crippen LogP contribution in [0.4, 0.5) is 0 Å². The first-order chi connectivity index (χ1) is 6.05. The molecule has 0 saturated heterocycles. The van der Waals surface area contributed by atoms with Gasteiger partial charge < -0.3 is 4.90 Å². The Morgan fingerprint density at radius 2 is 1.46 bits per heavy atom. The molecule has 0 amide bonds. The van der Waals surface area contributed by atoms with Crippen LogP contribution in [0.25, 0.3) is 0 Å². The molecule has 0 radical (unpaired) electrons. The highest BCUT2D eigenvalue weighted by molar-refractivity contribution is 4.69. The molecule has 0 aliphatic rings. The van der Waals surface area contributed by atoms with Gasteiger partial charge in [0.25, 0.3) is 0 Å². The third-order valence-corrected chi connectivity index (χ3v) is 2.93. The van der Waals surface area contributed by atoms with Crippen molar-refractivity contribution in [1.82, 2.24) is 4.90 Å². The van der Waals surface area contributed by atoms with Gasteiger partial charge in [0, 0.05) is 0 Å². The minimum atomic E-state index is 0.539. The van der Waals surface area contributed by atoms with E-state index >= 15 is 0 Å². The summed E-state index contributed by atoms with van der Waals surface area (Å²) in [7, 11) is 0. The van der Waals surface area contributed by atoms with Crippen molar-refractivity contribution in [3.63, 3.8) is 0 Å². The molecule has 0 rings (SSSR count).